The maximum atomic E-state index is 5.06. The van der Waals surface area contributed by atoms with Crippen molar-refractivity contribution in [3.63, 3.8) is 0 Å². The summed E-state index contributed by atoms with van der Waals surface area (Å²) >= 11 is 0. The van der Waals surface area contributed by atoms with Crippen molar-refractivity contribution in [1.29, 1.82) is 0 Å². The molecule has 0 fully saturated rings. The minimum Gasteiger partial charge on any atom is -0.208 e. The van der Waals surface area contributed by atoms with Crippen LogP contribution in [0.15, 0.2) is 164 Å². The van der Waals surface area contributed by atoms with Gasteiger partial charge in [-0.2, -0.15) is 0 Å². The van der Waals surface area contributed by atoms with Crippen LogP contribution >= 0.6 is 0 Å². The standard InChI is InChI=1S/C39H27N3/c1-4-13-28(14-5-1)30-23-25-31(26-24-30)35-21-10-11-22-36(35)39-41-37(32-17-8-3-9-18-32)40-38(42-39)34-20-12-19-33(27-34)29-15-6-2-7-16-29/h1-27H. The van der Waals surface area contributed by atoms with E-state index in [9.17, 15) is 0 Å². The molecule has 0 amide bonds. The van der Waals surface area contributed by atoms with Crippen LogP contribution in [0.3, 0.4) is 0 Å². The van der Waals surface area contributed by atoms with E-state index in [-0.39, 0.29) is 0 Å². The normalized spacial score (nSPS) is 10.9. The molecule has 0 aliphatic rings. The monoisotopic (exact) mass is 537 g/mol. The molecule has 1 aromatic heterocycles. The molecule has 7 aromatic rings. The van der Waals surface area contributed by atoms with Crippen molar-refractivity contribution in [1.82, 2.24) is 15.0 Å². The van der Waals surface area contributed by atoms with Gasteiger partial charge >= 0.3 is 0 Å². The lowest BCUT2D eigenvalue weighted by Crippen LogP contribution is -2.01. The maximum Gasteiger partial charge on any atom is 0.164 e. The first-order valence-electron chi connectivity index (χ1n) is 14.0. The van der Waals surface area contributed by atoms with Crippen LogP contribution in [-0.4, -0.2) is 15.0 Å². The van der Waals surface area contributed by atoms with E-state index >= 15 is 0 Å². The predicted octanol–water partition coefficient (Wildman–Crippen LogP) is 9.87. The Morgan fingerprint density at radius 3 is 1.29 bits per heavy atom. The molecule has 0 aliphatic heterocycles. The lowest BCUT2D eigenvalue weighted by molar-refractivity contribution is 1.07. The Balaban J connectivity index is 1.35. The number of rotatable bonds is 6. The van der Waals surface area contributed by atoms with Gasteiger partial charge < -0.3 is 0 Å². The third-order valence-corrected chi connectivity index (χ3v) is 7.37. The van der Waals surface area contributed by atoms with Gasteiger partial charge in [-0.3, -0.25) is 0 Å². The van der Waals surface area contributed by atoms with Gasteiger partial charge in [0.1, 0.15) is 0 Å². The summed E-state index contributed by atoms with van der Waals surface area (Å²) in [6.45, 7) is 0. The molecule has 0 aliphatic carbocycles. The zero-order valence-electron chi connectivity index (χ0n) is 22.9. The van der Waals surface area contributed by atoms with E-state index in [1.165, 1.54) is 11.1 Å². The summed E-state index contributed by atoms with van der Waals surface area (Å²) in [5.74, 6) is 1.94. The zero-order chi connectivity index (χ0) is 28.1. The fourth-order valence-corrected chi connectivity index (χ4v) is 5.21. The van der Waals surface area contributed by atoms with Gasteiger partial charge in [-0.05, 0) is 39.4 Å². The summed E-state index contributed by atoms with van der Waals surface area (Å²) in [6.07, 6.45) is 0. The summed E-state index contributed by atoms with van der Waals surface area (Å²) in [5, 5.41) is 0. The predicted molar refractivity (Wildman–Crippen MR) is 172 cm³/mol. The first-order valence-corrected chi connectivity index (χ1v) is 14.0. The van der Waals surface area contributed by atoms with Crippen molar-refractivity contribution in [2.24, 2.45) is 0 Å². The van der Waals surface area contributed by atoms with Crippen molar-refractivity contribution < 1.29 is 0 Å². The molecule has 0 N–H and O–H groups in total. The molecule has 0 unspecified atom stereocenters. The third kappa shape index (κ3) is 5.24. The van der Waals surface area contributed by atoms with Crippen LogP contribution in [0.1, 0.15) is 0 Å². The van der Waals surface area contributed by atoms with Gasteiger partial charge in [0.25, 0.3) is 0 Å². The van der Waals surface area contributed by atoms with Crippen LogP contribution in [0.25, 0.3) is 67.5 Å². The highest BCUT2D eigenvalue weighted by atomic mass is 15.0. The maximum absolute atomic E-state index is 5.06. The number of hydrogen-bond donors (Lipinski definition) is 0. The van der Waals surface area contributed by atoms with Crippen LogP contribution in [0.4, 0.5) is 0 Å². The van der Waals surface area contributed by atoms with E-state index in [0.717, 1.165) is 38.9 Å². The van der Waals surface area contributed by atoms with E-state index in [1.807, 2.05) is 48.5 Å². The molecule has 42 heavy (non-hydrogen) atoms. The molecule has 3 nitrogen and oxygen atoms in total. The quantitative estimate of drug-likeness (QED) is 0.212. The first-order chi connectivity index (χ1) is 20.8. The number of hydrogen-bond acceptors (Lipinski definition) is 3. The Bertz CT molecular complexity index is 1950. The van der Waals surface area contributed by atoms with Crippen molar-refractivity contribution in [2.45, 2.75) is 0 Å². The van der Waals surface area contributed by atoms with Crippen molar-refractivity contribution >= 4 is 0 Å². The average Bonchev–Trinajstić information content (AvgIpc) is 3.09. The molecule has 0 saturated carbocycles. The van der Waals surface area contributed by atoms with Gasteiger partial charge in [0, 0.05) is 16.7 Å². The number of benzene rings is 6. The largest absolute Gasteiger partial charge is 0.208 e. The Morgan fingerprint density at radius 1 is 0.238 bits per heavy atom. The van der Waals surface area contributed by atoms with Gasteiger partial charge in [-0.15, -0.1) is 0 Å². The van der Waals surface area contributed by atoms with Crippen LogP contribution in [-0.2, 0) is 0 Å². The van der Waals surface area contributed by atoms with Gasteiger partial charge in [0.2, 0.25) is 0 Å². The molecule has 1 heterocycles. The number of nitrogens with zero attached hydrogens (tertiary/aromatic N) is 3. The summed E-state index contributed by atoms with van der Waals surface area (Å²) < 4.78 is 0. The Morgan fingerprint density at radius 2 is 0.643 bits per heavy atom. The Kier molecular flexibility index (Phi) is 6.89. The van der Waals surface area contributed by atoms with Crippen molar-refractivity contribution in [3.8, 4) is 67.5 Å². The van der Waals surface area contributed by atoms with E-state index in [4.69, 9.17) is 15.0 Å². The van der Waals surface area contributed by atoms with Crippen LogP contribution < -0.4 is 0 Å². The van der Waals surface area contributed by atoms with Crippen LogP contribution in [0, 0.1) is 0 Å². The molecular formula is C39H27N3. The van der Waals surface area contributed by atoms with E-state index in [0.29, 0.717) is 17.5 Å². The first kappa shape index (κ1) is 25.3. The summed E-state index contributed by atoms with van der Waals surface area (Å²) in [7, 11) is 0. The molecule has 0 saturated heterocycles. The minimum absolute atomic E-state index is 0.644. The van der Waals surface area contributed by atoms with E-state index in [2.05, 4.69) is 115 Å². The second-order valence-corrected chi connectivity index (χ2v) is 10.1. The molecule has 0 atom stereocenters. The Labute approximate surface area is 245 Å². The van der Waals surface area contributed by atoms with Gasteiger partial charge in [-0.25, -0.2) is 15.0 Å². The molecule has 0 bridgehead atoms. The highest BCUT2D eigenvalue weighted by molar-refractivity contribution is 5.83. The van der Waals surface area contributed by atoms with Gasteiger partial charge in [-0.1, -0.05) is 158 Å². The molecule has 3 heteroatoms. The topological polar surface area (TPSA) is 38.7 Å². The smallest absolute Gasteiger partial charge is 0.164 e. The van der Waals surface area contributed by atoms with Crippen molar-refractivity contribution in [3.05, 3.63) is 164 Å². The molecule has 198 valence electrons. The van der Waals surface area contributed by atoms with Gasteiger partial charge in [0.15, 0.2) is 17.5 Å². The lowest BCUT2D eigenvalue weighted by atomic mass is 9.96. The highest BCUT2D eigenvalue weighted by Crippen LogP contribution is 2.34. The molecular weight excluding hydrogens is 510 g/mol. The number of aromatic nitrogens is 3. The minimum atomic E-state index is 0.644. The fourth-order valence-electron chi connectivity index (χ4n) is 5.21. The molecule has 0 radical (unpaired) electrons. The van der Waals surface area contributed by atoms with Crippen LogP contribution in [0.5, 0.6) is 0 Å². The van der Waals surface area contributed by atoms with Gasteiger partial charge in [0.05, 0.1) is 0 Å². The SMILES string of the molecule is c1ccc(-c2ccc(-c3ccccc3-c3nc(-c4ccccc4)nc(-c4cccc(-c5ccccc5)c4)n3)cc2)cc1. The van der Waals surface area contributed by atoms with Crippen LogP contribution in [0.2, 0.25) is 0 Å². The Hall–Kier alpha value is -5.67. The summed E-state index contributed by atoms with van der Waals surface area (Å²) in [4.78, 5) is 15.0. The van der Waals surface area contributed by atoms with Crippen molar-refractivity contribution in [2.75, 3.05) is 0 Å². The highest BCUT2D eigenvalue weighted by Gasteiger charge is 2.16. The zero-order valence-corrected chi connectivity index (χ0v) is 22.9. The second kappa shape index (κ2) is 11.4. The molecule has 6 aromatic carbocycles. The molecule has 7 rings (SSSR count). The summed E-state index contributed by atoms with van der Waals surface area (Å²) in [6, 6.07) is 56.3. The average molecular weight is 538 g/mol. The summed E-state index contributed by atoms with van der Waals surface area (Å²) in [5.41, 5.74) is 9.70. The lowest BCUT2D eigenvalue weighted by Gasteiger charge is -2.13. The second-order valence-electron chi connectivity index (χ2n) is 10.1. The van der Waals surface area contributed by atoms with E-state index < -0.39 is 0 Å². The fraction of sp³-hybridized carbons (Fsp3) is 0. The third-order valence-electron chi connectivity index (χ3n) is 7.37. The molecule has 0 spiro atoms. The van der Waals surface area contributed by atoms with E-state index in [1.54, 1.807) is 0 Å².